The van der Waals surface area contributed by atoms with Gasteiger partial charge in [-0.15, -0.1) is 0 Å². The molecule has 0 fully saturated rings. The molecule has 0 aliphatic rings. The quantitative estimate of drug-likeness (QED) is 0.587. The first kappa shape index (κ1) is 20.3. The summed E-state index contributed by atoms with van der Waals surface area (Å²) in [5, 5.41) is 5.79. The SMILES string of the molecule is CCc1ccc(CCC(=O)Nc2ccccc2C(=O)NCc2ccccc2)cc1. The molecular formula is C25H26N2O2. The molecule has 0 bridgehead atoms. The lowest BCUT2D eigenvalue weighted by Gasteiger charge is -2.12. The van der Waals surface area contributed by atoms with Gasteiger partial charge in [0.2, 0.25) is 5.91 Å². The Bertz CT molecular complexity index is 950. The van der Waals surface area contributed by atoms with Gasteiger partial charge in [-0.1, -0.05) is 73.7 Å². The molecule has 0 unspecified atom stereocenters. The van der Waals surface area contributed by atoms with Crippen LogP contribution in [0.4, 0.5) is 5.69 Å². The second-order valence-electron chi connectivity index (χ2n) is 6.93. The molecule has 29 heavy (non-hydrogen) atoms. The average molecular weight is 386 g/mol. The number of benzene rings is 3. The highest BCUT2D eigenvalue weighted by Crippen LogP contribution is 2.16. The Morgan fingerprint density at radius 2 is 1.41 bits per heavy atom. The van der Waals surface area contributed by atoms with Gasteiger partial charge in [0.1, 0.15) is 0 Å². The number of nitrogens with one attached hydrogen (secondary N) is 2. The van der Waals surface area contributed by atoms with E-state index in [9.17, 15) is 9.59 Å². The Morgan fingerprint density at radius 3 is 2.14 bits per heavy atom. The summed E-state index contributed by atoms with van der Waals surface area (Å²) in [7, 11) is 0. The highest BCUT2D eigenvalue weighted by Gasteiger charge is 2.13. The monoisotopic (exact) mass is 386 g/mol. The molecule has 3 aromatic carbocycles. The van der Waals surface area contributed by atoms with Gasteiger partial charge in [0.15, 0.2) is 0 Å². The molecule has 2 N–H and O–H groups in total. The summed E-state index contributed by atoms with van der Waals surface area (Å²) in [6.07, 6.45) is 2.04. The summed E-state index contributed by atoms with van der Waals surface area (Å²) in [5.41, 5.74) is 4.44. The van der Waals surface area contributed by atoms with E-state index >= 15 is 0 Å². The maximum absolute atomic E-state index is 12.6. The van der Waals surface area contributed by atoms with Crippen LogP contribution in [0.2, 0.25) is 0 Å². The van der Waals surface area contributed by atoms with Crippen molar-refractivity contribution >= 4 is 17.5 Å². The van der Waals surface area contributed by atoms with Crippen LogP contribution < -0.4 is 10.6 Å². The Kier molecular flexibility index (Phi) is 7.17. The number of para-hydroxylation sites is 1. The van der Waals surface area contributed by atoms with Crippen molar-refractivity contribution in [3.63, 3.8) is 0 Å². The summed E-state index contributed by atoms with van der Waals surface area (Å²) < 4.78 is 0. The van der Waals surface area contributed by atoms with E-state index in [1.165, 1.54) is 5.56 Å². The highest BCUT2D eigenvalue weighted by molar-refractivity contribution is 6.03. The summed E-state index contributed by atoms with van der Waals surface area (Å²) in [5.74, 6) is -0.312. The zero-order chi connectivity index (χ0) is 20.5. The fourth-order valence-electron chi connectivity index (χ4n) is 3.08. The Hall–Kier alpha value is -3.40. The molecule has 0 aliphatic heterocycles. The highest BCUT2D eigenvalue weighted by atomic mass is 16.2. The van der Waals surface area contributed by atoms with Crippen molar-refractivity contribution in [2.75, 3.05) is 5.32 Å². The van der Waals surface area contributed by atoms with E-state index in [0.29, 0.717) is 30.6 Å². The van der Waals surface area contributed by atoms with Gasteiger partial charge in [-0.25, -0.2) is 0 Å². The normalized spacial score (nSPS) is 10.4. The van der Waals surface area contributed by atoms with E-state index in [2.05, 4.69) is 41.8 Å². The molecule has 0 spiro atoms. The zero-order valence-corrected chi connectivity index (χ0v) is 16.7. The van der Waals surface area contributed by atoms with Crippen LogP contribution in [0.5, 0.6) is 0 Å². The first-order valence-electron chi connectivity index (χ1n) is 9.94. The minimum atomic E-state index is -0.208. The minimum Gasteiger partial charge on any atom is -0.348 e. The summed E-state index contributed by atoms with van der Waals surface area (Å²) in [6, 6.07) is 25.1. The molecule has 4 nitrogen and oxygen atoms in total. The van der Waals surface area contributed by atoms with Gasteiger partial charge in [0, 0.05) is 13.0 Å². The molecule has 0 aliphatic carbocycles. The third-order valence-electron chi connectivity index (χ3n) is 4.81. The van der Waals surface area contributed by atoms with Crippen LogP contribution in [-0.2, 0) is 24.2 Å². The molecule has 0 atom stereocenters. The molecular weight excluding hydrogens is 360 g/mol. The molecule has 148 valence electrons. The number of rotatable bonds is 8. The van der Waals surface area contributed by atoms with E-state index in [1.807, 2.05) is 36.4 Å². The standard InChI is InChI=1S/C25H26N2O2/c1-2-19-12-14-20(15-13-19)16-17-24(28)27-23-11-7-6-10-22(23)25(29)26-18-21-8-4-3-5-9-21/h3-15H,2,16-18H2,1H3,(H,26,29)(H,27,28). The van der Waals surface area contributed by atoms with Crippen molar-refractivity contribution in [1.29, 1.82) is 0 Å². The molecule has 3 aromatic rings. The van der Waals surface area contributed by atoms with Gasteiger partial charge in [-0.05, 0) is 41.7 Å². The zero-order valence-electron chi connectivity index (χ0n) is 16.7. The van der Waals surface area contributed by atoms with Gasteiger partial charge in [-0.3, -0.25) is 9.59 Å². The van der Waals surface area contributed by atoms with E-state index in [1.54, 1.807) is 18.2 Å². The molecule has 2 amide bonds. The summed E-state index contributed by atoms with van der Waals surface area (Å²) >= 11 is 0. The summed E-state index contributed by atoms with van der Waals surface area (Å²) in [4.78, 5) is 25.0. The smallest absolute Gasteiger partial charge is 0.253 e. The maximum atomic E-state index is 12.6. The lowest BCUT2D eigenvalue weighted by molar-refractivity contribution is -0.116. The molecule has 0 saturated carbocycles. The Balaban J connectivity index is 1.57. The number of amides is 2. The fourth-order valence-corrected chi connectivity index (χ4v) is 3.08. The molecule has 0 aromatic heterocycles. The van der Waals surface area contributed by atoms with Crippen LogP contribution in [0.1, 0.15) is 40.4 Å². The van der Waals surface area contributed by atoms with Crippen molar-refractivity contribution in [2.24, 2.45) is 0 Å². The van der Waals surface area contributed by atoms with E-state index in [-0.39, 0.29) is 11.8 Å². The van der Waals surface area contributed by atoms with E-state index in [4.69, 9.17) is 0 Å². The lowest BCUT2D eigenvalue weighted by atomic mass is 10.1. The second-order valence-corrected chi connectivity index (χ2v) is 6.93. The number of hydrogen-bond donors (Lipinski definition) is 2. The molecule has 3 rings (SSSR count). The first-order valence-corrected chi connectivity index (χ1v) is 9.94. The van der Waals surface area contributed by atoms with Crippen LogP contribution in [-0.4, -0.2) is 11.8 Å². The van der Waals surface area contributed by atoms with Crippen LogP contribution in [0.25, 0.3) is 0 Å². The van der Waals surface area contributed by atoms with Crippen molar-refractivity contribution in [3.8, 4) is 0 Å². The number of carbonyl (C=O) groups is 2. The Morgan fingerprint density at radius 1 is 0.759 bits per heavy atom. The Labute approximate surface area is 172 Å². The molecule has 4 heteroatoms. The lowest BCUT2D eigenvalue weighted by Crippen LogP contribution is -2.24. The van der Waals surface area contributed by atoms with Crippen molar-refractivity contribution in [1.82, 2.24) is 5.32 Å². The molecule has 0 heterocycles. The van der Waals surface area contributed by atoms with Gasteiger partial charge in [0.25, 0.3) is 5.91 Å². The van der Waals surface area contributed by atoms with Gasteiger partial charge >= 0.3 is 0 Å². The van der Waals surface area contributed by atoms with Crippen LogP contribution in [0, 0.1) is 0 Å². The van der Waals surface area contributed by atoms with Crippen LogP contribution in [0.3, 0.4) is 0 Å². The number of hydrogen-bond acceptors (Lipinski definition) is 2. The predicted molar refractivity (Wildman–Crippen MR) is 117 cm³/mol. The fraction of sp³-hybridized carbons (Fsp3) is 0.200. The van der Waals surface area contributed by atoms with E-state index < -0.39 is 0 Å². The molecule has 0 saturated heterocycles. The van der Waals surface area contributed by atoms with Gasteiger partial charge in [-0.2, -0.15) is 0 Å². The predicted octanol–water partition coefficient (Wildman–Crippen LogP) is 4.75. The second kappa shape index (κ2) is 10.2. The third-order valence-corrected chi connectivity index (χ3v) is 4.81. The largest absolute Gasteiger partial charge is 0.348 e. The maximum Gasteiger partial charge on any atom is 0.253 e. The van der Waals surface area contributed by atoms with Crippen molar-refractivity contribution < 1.29 is 9.59 Å². The molecule has 0 radical (unpaired) electrons. The topological polar surface area (TPSA) is 58.2 Å². The van der Waals surface area contributed by atoms with Crippen molar-refractivity contribution in [3.05, 3.63) is 101 Å². The first-order chi connectivity index (χ1) is 14.2. The number of carbonyl (C=O) groups excluding carboxylic acids is 2. The van der Waals surface area contributed by atoms with Gasteiger partial charge < -0.3 is 10.6 Å². The van der Waals surface area contributed by atoms with Gasteiger partial charge in [0.05, 0.1) is 11.3 Å². The minimum absolute atomic E-state index is 0.104. The van der Waals surface area contributed by atoms with Crippen LogP contribution >= 0.6 is 0 Å². The number of aryl methyl sites for hydroxylation is 2. The van der Waals surface area contributed by atoms with Crippen molar-refractivity contribution in [2.45, 2.75) is 32.7 Å². The van der Waals surface area contributed by atoms with E-state index in [0.717, 1.165) is 17.5 Å². The van der Waals surface area contributed by atoms with Crippen LogP contribution in [0.15, 0.2) is 78.9 Å². The number of anilines is 1. The third kappa shape index (κ3) is 6.04. The summed E-state index contributed by atoms with van der Waals surface area (Å²) in [6.45, 7) is 2.56. The average Bonchev–Trinajstić information content (AvgIpc) is 2.77.